The minimum atomic E-state index is 0.178. The number of nitrogens with one attached hydrogen (secondary N) is 1. The number of piperazine rings is 1. The molecule has 2 aliphatic heterocycles. The summed E-state index contributed by atoms with van der Waals surface area (Å²) in [5, 5.41) is 30.1. The maximum atomic E-state index is 9.25. The van der Waals surface area contributed by atoms with Crippen molar-refractivity contribution >= 4 is 5.82 Å². The molecular formula is C22H21N9. The van der Waals surface area contributed by atoms with E-state index < -0.39 is 0 Å². The molecule has 154 valence electrons. The number of anilines is 1. The number of nitrogens with zero attached hydrogens (tertiary/aromatic N) is 8. The summed E-state index contributed by atoms with van der Waals surface area (Å²) in [5.41, 5.74) is 3.63. The zero-order valence-corrected chi connectivity index (χ0v) is 16.9. The number of fused-ring (bicyclic) bond motifs is 1. The molecule has 5 rings (SSSR count). The van der Waals surface area contributed by atoms with E-state index in [1.807, 2.05) is 18.2 Å². The summed E-state index contributed by atoms with van der Waals surface area (Å²) in [7, 11) is 0. The summed E-state index contributed by atoms with van der Waals surface area (Å²) >= 11 is 0. The number of aromatic amines is 1. The fourth-order valence-electron chi connectivity index (χ4n) is 4.73. The predicted molar refractivity (Wildman–Crippen MR) is 113 cm³/mol. The lowest BCUT2D eigenvalue weighted by molar-refractivity contribution is 0.0694. The Morgan fingerprint density at radius 2 is 2.00 bits per heavy atom. The summed E-state index contributed by atoms with van der Waals surface area (Å²) in [4.78, 5) is 13.3. The van der Waals surface area contributed by atoms with Crippen molar-refractivity contribution in [2.75, 3.05) is 24.5 Å². The van der Waals surface area contributed by atoms with Crippen LogP contribution >= 0.6 is 0 Å². The number of benzene rings is 1. The van der Waals surface area contributed by atoms with Gasteiger partial charge in [-0.2, -0.15) is 25.9 Å². The standard InChI is InChI=1S/C22H21N9/c23-10-15-3-1-4-16(9-15)21-22(28-29-27-21)19-6-2-5-18-14-30(7-8-31(18)19)20-13-25-12-17(11-24)26-20/h1,3-4,9,12-13,18-19H,2,5-8,14H2,(H,27,28,29)/t18-,19+/m0/s1. The Morgan fingerprint density at radius 3 is 2.87 bits per heavy atom. The first kappa shape index (κ1) is 19.2. The average molecular weight is 411 g/mol. The summed E-state index contributed by atoms with van der Waals surface area (Å²) in [6, 6.07) is 12.3. The lowest BCUT2D eigenvalue weighted by Crippen LogP contribution is -2.56. The van der Waals surface area contributed by atoms with Crippen molar-refractivity contribution < 1.29 is 0 Å². The number of hydrogen-bond donors (Lipinski definition) is 1. The molecule has 2 atom stereocenters. The van der Waals surface area contributed by atoms with E-state index in [1.54, 1.807) is 12.3 Å². The van der Waals surface area contributed by atoms with Gasteiger partial charge in [0.25, 0.3) is 0 Å². The van der Waals surface area contributed by atoms with E-state index in [4.69, 9.17) is 5.26 Å². The van der Waals surface area contributed by atoms with Crippen molar-refractivity contribution in [3.8, 4) is 23.4 Å². The van der Waals surface area contributed by atoms with Gasteiger partial charge in [-0.05, 0) is 31.4 Å². The van der Waals surface area contributed by atoms with E-state index in [9.17, 15) is 5.26 Å². The molecule has 2 aliphatic rings. The van der Waals surface area contributed by atoms with Crippen LogP contribution in [0.4, 0.5) is 5.82 Å². The molecule has 0 radical (unpaired) electrons. The van der Waals surface area contributed by atoms with Crippen molar-refractivity contribution in [1.82, 2.24) is 30.3 Å². The van der Waals surface area contributed by atoms with Crippen molar-refractivity contribution in [3.63, 3.8) is 0 Å². The normalized spacial score (nSPS) is 21.2. The van der Waals surface area contributed by atoms with E-state index >= 15 is 0 Å². The molecule has 2 aromatic heterocycles. The van der Waals surface area contributed by atoms with E-state index in [0.29, 0.717) is 17.3 Å². The van der Waals surface area contributed by atoms with Gasteiger partial charge in [0, 0.05) is 31.2 Å². The minimum Gasteiger partial charge on any atom is -0.352 e. The molecular weight excluding hydrogens is 390 g/mol. The summed E-state index contributed by atoms with van der Waals surface area (Å²) < 4.78 is 0. The predicted octanol–water partition coefficient (Wildman–Crippen LogP) is 2.42. The molecule has 4 heterocycles. The fraction of sp³-hybridized carbons (Fsp3) is 0.364. The Morgan fingerprint density at radius 1 is 1.06 bits per heavy atom. The molecule has 2 saturated heterocycles. The van der Waals surface area contributed by atoms with Crippen LogP contribution in [0.5, 0.6) is 0 Å². The number of hydrogen-bond acceptors (Lipinski definition) is 8. The lowest BCUT2D eigenvalue weighted by atomic mass is 9.90. The fourth-order valence-corrected chi connectivity index (χ4v) is 4.73. The van der Waals surface area contributed by atoms with Gasteiger partial charge < -0.3 is 4.90 Å². The van der Waals surface area contributed by atoms with Crippen molar-refractivity contribution in [2.45, 2.75) is 31.3 Å². The first-order chi connectivity index (χ1) is 15.3. The van der Waals surface area contributed by atoms with Crippen molar-refractivity contribution in [3.05, 3.63) is 53.6 Å². The third kappa shape index (κ3) is 3.60. The zero-order chi connectivity index (χ0) is 21.2. The van der Waals surface area contributed by atoms with Crippen LogP contribution in [0, 0.1) is 22.7 Å². The van der Waals surface area contributed by atoms with Gasteiger partial charge in [-0.15, -0.1) is 0 Å². The zero-order valence-electron chi connectivity index (χ0n) is 16.9. The highest BCUT2D eigenvalue weighted by molar-refractivity contribution is 5.63. The number of H-pyrrole nitrogens is 1. The maximum Gasteiger partial charge on any atom is 0.161 e. The molecule has 1 N–H and O–H groups in total. The minimum absolute atomic E-state index is 0.178. The van der Waals surface area contributed by atoms with Crippen molar-refractivity contribution in [1.29, 1.82) is 10.5 Å². The topological polar surface area (TPSA) is 121 Å². The number of aromatic nitrogens is 5. The van der Waals surface area contributed by atoms with Crippen LogP contribution in [0.1, 0.15) is 42.3 Å². The van der Waals surface area contributed by atoms with Gasteiger partial charge in [0.05, 0.1) is 30.1 Å². The van der Waals surface area contributed by atoms with E-state index in [0.717, 1.165) is 61.7 Å². The summed E-state index contributed by atoms with van der Waals surface area (Å²) in [6.45, 7) is 2.53. The van der Waals surface area contributed by atoms with Crippen LogP contribution in [0.3, 0.4) is 0 Å². The monoisotopic (exact) mass is 411 g/mol. The molecule has 9 heteroatoms. The van der Waals surface area contributed by atoms with Crippen LogP contribution in [0.2, 0.25) is 0 Å². The average Bonchev–Trinajstić information content (AvgIpc) is 3.33. The molecule has 0 amide bonds. The van der Waals surface area contributed by atoms with E-state index in [-0.39, 0.29) is 6.04 Å². The summed E-state index contributed by atoms with van der Waals surface area (Å²) in [6.07, 6.45) is 6.46. The van der Waals surface area contributed by atoms with Gasteiger partial charge in [0.1, 0.15) is 23.3 Å². The smallest absolute Gasteiger partial charge is 0.161 e. The summed E-state index contributed by atoms with van der Waals surface area (Å²) in [5.74, 6) is 0.760. The van der Waals surface area contributed by atoms with Crippen LogP contribution in [0.25, 0.3) is 11.3 Å². The second-order valence-corrected chi connectivity index (χ2v) is 7.91. The van der Waals surface area contributed by atoms with Crippen LogP contribution in [-0.2, 0) is 0 Å². The first-order valence-corrected chi connectivity index (χ1v) is 10.4. The molecule has 9 nitrogen and oxygen atoms in total. The van der Waals surface area contributed by atoms with Gasteiger partial charge in [-0.1, -0.05) is 12.1 Å². The third-order valence-electron chi connectivity index (χ3n) is 6.16. The Labute approximate surface area is 180 Å². The van der Waals surface area contributed by atoms with Gasteiger partial charge in [0.2, 0.25) is 0 Å². The molecule has 0 spiro atoms. The third-order valence-corrected chi connectivity index (χ3v) is 6.16. The molecule has 31 heavy (non-hydrogen) atoms. The SMILES string of the molecule is N#Cc1cccc(-c2n[nH]nc2[C@H]2CCC[C@H]3CN(c4cncc(C#N)n4)CCN32)c1. The molecule has 0 saturated carbocycles. The van der Waals surface area contributed by atoms with Crippen molar-refractivity contribution in [2.24, 2.45) is 0 Å². The van der Waals surface area contributed by atoms with Gasteiger partial charge in [-0.25, -0.2) is 4.98 Å². The van der Waals surface area contributed by atoms with E-state index in [1.165, 1.54) is 6.20 Å². The second kappa shape index (κ2) is 8.13. The van der Waals surface area contributed by atoms with Crippen LogP contribution < -0.4 is 4.90 Å². The molecule has 0 bridgehead atoms. The number of rotatable bonds is 3. The Balaban J connectivity index is 1.39. The Bertz CT molecular complexity index is 1170. The molecule has 1 aromatic carbocycles. The van der Waals surface area contributed by atoms with Crippen LogP contribution in [-0.4, -0.2) is 56.0 Å². The largest absolute Gasteiger partial charge is 0.352 e. The highest BCUT2D eigenvalue weighted by atomic mass is 15.4. The maximum absolute atomic E-state index is 9.25. The molecule has 0 unspecified atom stereocenters. The number of piperidine rings is 1. The number of nitriles is 2. The van der Waals surface area contributed by atoms with Crippen LogP contribution in [0.15, 0.2) is 36.7 Å². The molecule has 3 aromatic rings. The van der Waals surface area contributed by atoms with E-state index in [2.05, 4.69) is 47.3 Å². The highest BCUT2D eigenvalue weighted by Gasteiger charge is 2.38. The van der Waals surface area contributed by atoms with Gasteiger partial charge in [0.15, 0.2) is 5.69 Å². The van der Waals surface area contributed by atoms with Gasteiger partial charge >= 0.3 is 0 Å². The molecule has 0 aliphatic carbocycles. The Kier molecular flexibility index (Phi) is 5.03. The lowest BCUT2D eigenvalue weighted by Gasteiger charge is -2.48. The Hall–Kier alpha value is -3.82. The second-order valence-electron chi connectivity index (χ2n) is 7.91. The molecule has 2 fully saturated rings. The van der Waals surface area contributed by atoms with Gasteiger partial charge in [-0.3, -0.25) is 9.88 Å². The first-order valence-electron chi connectivity index (χ1n) is 10.4. The highest BCUT2D eigenvalue weighted by Crippen LogP contribution is 2.39. The quantitative estimate of drug-likeness (QED) is 0.697.